The zero-order valence-corrected chi connectivity index (χ0v) is 16.4. The average Bonchev–Trinajstić information content (AvgIpc) is 3.28. The Morgan fingerprint density at radius 1 is 1.04 bits per heavy atom. The minimum absolute atomic E-state index is 0.00445. The molecule has 1 saturated heterocycles. The van der Waals surface area contributed by atoms with Crippen molar-refractivity contribution in [2.75, 3.05) is 19.6 Å². The zero-order valence-electron chi connectivity index (χ0n) is 16.4. The maximum absolute atomic E-state index is 12.7. The quantitative estimate of drug-likeness (QED) is 0.726. The SMILES string of the molecule is CC(C)C[C@H](NC(=O)CCN1C(=O)c2ccccc2C1=O)C(=O)N1CCCC1. The number of hydrogen-bond donors (Lipinski definition) is 1. The Labute approximate surface area is 165 Å². The maximum atomic E-state index is 12.7. The lowest BCUT2D eigenvalue weighted by Crippen LogP contribution is -2.49. The van der Waals surface area contributed by atoms with Crippen molar-refractivity contribution >= 4 is 23.6 Å². The van der Waals surface area contributed by atoms with Crippen LogP contribution in [0.4, 0.5) is 0 Å². The first kappa shape index (κ1) is 20.0. The van der Waals surface area contributed by atoms with Crippen molar-refractivity contribution in [2.45, 2.75) is 45.6 Å². The third kappa shape index (κ3) is 4.24. The summed E-state index contributed by atoms with van der Waals surface area (Å²) in [5.41, 5.74) is 0.740. The molecule has 1 aromatic carbocycles. The van der Waals surface area contributed by atoms with Crippen LogP contribution < -0.4 is 5.32 Å². The second-order valence-electron chi connectivity index (χ2n) is 7.84. The highest BCUT2D eigenvalue weighted by molar-refractivity contribution is 6.21. The van der Waals surface area contributed by atoms with E-state index >= 15 is 0 Å². The number of imide groups is 1. The molecule has 4 amide bonds. The lowest BCUT2D eigenvalue weighted by atomic mass is 10.0. The van der Waals surface area contributed by atoms with Gasteiger partial charge in [0, 0.05) is 26.1 Å². The van der Waals surface area contributed by atoms with E-state index in [0.717, 1.165) is 30.8 Å². The maximum Gasteiger partial charge on any atom is 0.261 e. The number of rotatable bonds is 7. The van der Waals surface area contributed by atoms with Crippen LogP contribution in [-0.4, -0.2) is 59.1 Å². The summed E-state index contributed by atoms with van der Waals surface area (Å²) in [6, 6.07) is 6.08. The van der Waals surface area contributed by atoms with Gasteiger partial charge in [-0.25, -0.2) is 0 Å². The Bertz CT molecular complexity index is 749. The van der Waals surface area contributed by atoms with Crippen molar-refractivity contribution in [2.24, 2.45) is 5.92 Å². The molecule has 150 valence electrons. The molecule has 0 aliphatic carbocycles. The van der Waals surface area contributed by atoms with Crippen molar-refractivity contribution in [1.82, 2.24) is 15.1 Å². The fourth-order valence-electron chi connectivity index (χ4n) is 3.77. The fourth-order valence-corrected chi connectivity index (χ4v) is 3.77. The van der Waals surface area contributed by atoms with Crippen molar-refractivity contribution in [3.63, 3.8) is 0 Å². The van der Waals surface area contributed by atoms with Gasteiger partial charge >= 0.3 is 0 Å². The van der Waals surface area contributed by atoms with E-state index in [9.17, 15) is 19.2 Å². The van der Waals surface area contributed by atoms with Crippen LogP contribution in [0.25, 0.3) is 0 Å². The predicted octanol–water partition coefficient (Wildman–Crippen LogP) is 1.83. The lowest BCUT2D eigenvalue weighted by molar-refractivity contribution is -0.136. The molecule has 7 heteroatoms. The molecule has 1 atom stereocenters. The summed E-state index contributed by atoms with van der Waals surface area (Å²) in [7, 11) is 0. The number of hydrogen-bond acceptors (Lipinski definition) is 4. The van der Waals surface area contributed by atoms with E-state index in [1.54, 1.807) is 29.2 Å². The second-order valence-corrected chi connectivity index (χ2v) is 7.84. The van der Waals surface area contributed by atoms with Crippen LogP contribution in [0.1, 0.15) is 60.2 Å². The first-order chi connectivity index (χ1) is 13.4. The highest BCUT2D eigenvalue weighted by Gasteiger charge is 2.35. The molecule has 1 fully saturated rings. The summed E-state index contributed by atoms with van der Waals surface area (Å²) in [5, 5.41) is 2.82. The highest BCUT2D eigenvalue weighted by Crippen LogP contribution is 2.22. The summed E-state index contributed by atoms with van der Waals surface area (Å²) in [4.78, 5) is 52.9. The molecule has 2 aliphatic rings. The Kier molecular flexibility index (Phi) is 6.11. The van der Waals surface area contributed by atoms with E-state index in [1.165, 1.54) is 0 Å². The van der Waals surface area contributed by atoms with Gasteiger partial charge in [0.2, 0.25) is 11.8 Å². The van der Waals surface area contributed by atoms with E-state index in [0.29, 0.717) is 17.5 Å². The minimum Gasteiger partial charge on any atom is -0.344 e. The number of carbonyl (C=O) groups is 4. The third-order valence-electron chi connectivity index (χ3n) is 5.20. The van der Waals surface area contributed by atoms with E-state index in [-0.39, 0.29) is 42.5 Å². The van der Waals surface area contributed by atoms with Gasteiger partial charge in [-0.2, -0.15) is 0 Å². The van der Waals surface area contributed by atoms with Crippen LogP contribution in [0.2, 0.25) is 0 Å². The Balaban J connectivity index is 1.58. The predicted molar refractivity (Wildman–Crippen MR) is 104 cm³/mol. The van der Waals surface area contributed by atoms with Crippen LogP contribution in [0.15, 0.2) is 24.3 Å². The summed E-state index contributed by atoms with van der Waals surface area (Å²) >= 11 is 0. The Morgan fingerprint density at radius 3 is 2.14 bits per heavy atom. The van der Waals surface area contributed by atoms with Gasteiger partial charge < -0.3 is 10.2 Å². The topological polar surface area (TPSA) is 86.8 Å². The molecule has 3 rings (SSSR count). The van der Waals surface area contributed by atoms with Crippen molar-refractivity contribution in [3.8, 4) is 0 Å². The van der Waals surface area contributed by atoms with Crippen LogP contribution in [0.3, 0.4) is 0 Å². The van der Waals surface area contributed by atoms with Gasteiger partial charge in [-0.3, -0.25) is 24.1 Å². The summed E-state index contributed by atoms with van der Waals surface area (Å²) in [6.45, 7) is 5.49. The lowest BCUT2D eigenvalue weighted by Gasteiger charge is -2.25. The largest absolute Gasteiger partial charge is 0.344 e. The first-order valence-electron chi connectivity index (χ1n) is 9.92. The first-order valence-corrected chi connectivity index (χ1v) is 9.92. The molecule has 0 unspecified atom stereocenters. The van der Waals surface area contributed by atoms with Crippen LogP contribution in [0, 0.1) is 5.92 Å². The van der Waals surface area contributed by atoms with Crippen LogP contribution in [0.5, 0.6) is 0 Å². The molecule has 0 bridgehead atoms. The van der Waals surface area contributed by atoms with E-state index in [2.05, 4.69) is 5.32 Å². The molecule has 0 radical (unpaired) electrons. The van der Waals surface area contributed by atoms with Crippen LogP contribution in [-0.2, 0) is 9.59 Å². The molecule has 1 aromatic rings. The number of carbonyl (C=O) groups excluding carboxylic acids is 4. The number of likely N-dealkylation sites (tertiary alicyclic amines) is 1. The van der Waals surface area contributed by atoms with Crippen molar-refractivity contribution in [1.29, 1.82) is 0 Å². The molecular formula is C21H27N3O4. The summed E-state index contributed by atoms with van der Waals surface area (Å²) < 4.78 is 0. The highest BCUT2D eigenvalue weighted by atomic mass is 16.2. The van der Waals surface area contributed by atoms with Crippen molar-refractivity contribution < 1.29 is 19.2 Å². The number of nitrogens with one attached hydrogen (secondary N) is 1. The van der Waals surface area contributed by atoms with E-state index < -0.39 is 6.04 Å². The molecule has 2 aliphatic heterocycles. The summed E-state index contributed by atoms with van der Waals surface area (Å²) in [5.74, 6) is -0.858. The van der Waals surface area contributed by atoms with Gasteiger partial charge in [0.1, 0.15) is 6.04 Å². The van der Waals surface area contributed by atoms with E-state index in [1.807, 2.05) is 13.8 Å². The van der Waals surface area contributed by atoms with Gasteiger partial charge in [-0.05, 0) is 37.3 Å². The second kappa shape index (κ2) is 8.54. The molecule has 0 spiro atoms. The smallest absolute Gasteiger partial charge is 0.261 e. The average molecular weight is 385 g/mol. The monoisotopic (exact) mass is 385 g/mol. The molecule has 2 heterocycles. The van der Waals surface area contributed by atoms with Gasteiger partial charge in [0.15, 0.2) is 0 Å². The molecule has 28 heavy (non-hydrogen) atoms. The molecular weight excluding hydrogens is 358 g/mol. The number of amides is 4. The van der Waals surface area contributed by atoms with E-state index in [4.69, 9.17) is 0 Å². The van der Waals surface area contributed by atoms with Gasteiger partial charge in [-0.1, -0.05) is 26.0 Å². The Hall–Kier alpha value is -2.70. The standard InChI is InChI=1S/C21H27N3O4/c1-14(2)13-17(21(28)23-10-5-6-11-23)22-18(25)9-12-24-19(26)15-7-3-4-8-16(15)20(24)27/h3-4,7-8,14,17H,5-6,9-13H2,1-2H3,(H,22,25)/t17-/m0/s1. The summed E-state index contributed by atoms with van der Waals surface area (Å²) in [6.07, 6.45) is 2.53. The normalized spacial score (nSPS) is 17.2. The van der Waals surface area contributed by atoms with Crippen LogP contribution >= 0.6 is 0 Å². The number of fused-ring (bicyclic) bond motifs is 1. The fraction of sp³-hybridized carbons (Fsp3) is 0.524. The number of benzene rings is 1. The van der Waals surface area contributed by atoms with Crippen molar-refractivity contribution in [3.05, 3.63) is 35.4 Å². The third-order valence-corrected chi connectivity index (χ3v) is 5.20. The molecule has 0 saturated carbocycles. The molecule has 0 aromatic heterocycles. The van der Waals surface area contributed by atoms with Gasteiger partial charge in [0.25, 0.3) is 11.8 Å². The zero-order chi connectivity index (χ0) is 20.3. The Morgan fingerprint density at radius 2 is 1.61 bits per heavy atom. The molecule has 1 N–H and O–H groups in total. The molecule has 7 nitrogen and oxygen atoms in total. The minimum atomic E-state index is -0.562. The van der Waals surface area contributed by atoms with Gasteiger partial charge in [0.05, 0.1) is 11.1 Å². The van der Waals surface area contributed by atoms with Gasteiger partial charge in [-0.15, -0.1) is 0 Å². The number of nitrogens with zero attached hydrogens (tertiary/aromatic N) is 2.